The Morgan fingerprint density at radius 3 is 2.31 bits per heavy atom. The molecule has 3 saturated carbocycles. The molecule has 0 aromatic rings. The summed E-state index contributed by atoms with van der Waals surface area (Å²) < 4.78 is 5.65. The molecule has 1 saturated heterocycles. The van der Waals surface area contributed by atoms with Crippen molar-refractivity contribution >= 4 is 11.8 Å². The van der Waals surface area contributed by atoms with E-state index in [1.165, 1.54) is 13.0 Å². The molecule has 5 rings (SSSR count). The van der Waals surface area contributed by atoms with Crippen LogP contribution in [-0.2, 0) is 14.3 Å². The van der Waals surface area contributed by atoms with E-state index in [1.807, 2.05) is 6.92 Å². The van der Waals surface area contributed by atoms with Crippen LogP contribution in [0.3, 0.4) is 0 Å². The third-order valence-electron chi connectivity index (χ3n) is 12.2. The molecule has 8 nitrogen and oxygen atoms in total. The Hall–Kier alpha value is -1.32. The number of fused-ring (bicyclic) bond motifs is 5. The largest absolute Gasteiger partial charge is 0.459 e. The lowest BCUT2D eigenvalue weighted by molar-refractivity contribution is -0.303. The summed E-state index contributed by atoms with van der Waals surface area (Å²) in [4.78, 5) is 25.7. The van der Waals surface area contributed by atoms with Crippen LogP contribution in [0.25, 0.3) is 0 Å². The highest BCUT2D eigenvalue weighted by Crippen LogP contribution is 2.71. The first-order chi connectivity index (χ1) is 16.5. The van der Waals surface area contributed by atoms with Crippen molar-refractivity contribution in [1.29, 1.82) is 0 Å². The van der Waals surface area contributed by atoms with E-state index < -0.39 is 63.2 Å². The molecular formula is C28H42O8. The molecular weight excluding hydrogens is 464 g/mol. The lowest BCUT2D eigenvalue weighted by Gasteiger charge is -2.66. The molecule has 0 aromatic heterocycles. The van der Waals surface area contributed by atoms with Crippen molar-refractivity contribution in [3.05, 3.63) is 12.2 Å². The van der Waals surface area contributed by atoms with Crippen LogP contribution in [0.4, 0.5) is 0 Å². The predicted molar refractivity (Wildman–Crippen MR) is 129 cm³/mol. The van der Waals surface area contributed by atoms with E-state index in [9.17, 15) is 35.1 Å². The summed E-state index contributed by atoms with van der Waals surface area (Å²) >= 11 is 0. The number of esters is 1. The topological polar surface area (TPSA) is 145 Å². The third-order valence-corrected chi connectivity index (χ3v) is 12.2. The fourth-order valence-corrected chi connectivity index (χ4v) is 9.19. The van der Waals surface area contributed by atoms with Gasteiger partial charge in [-0.3, -0.25) is 9.59 Å². The number of rotatable bonds is 2. The second-order valence-corrected chi connectivity index (χ2v) is 13.3. The van der Waals surface area contributed by atoms with Crippen molar-refractivity contribution in [2.75, 3.05) is 0 Å². The smallest absolute Gasteiger partial charge is 0.309 e. The van der Waals surface area contributed by atoms with Crippen molar-refractivity contribution in [2.24, 2.45) is 34.5 Å². The number of aliphatic hydroxyl groups excluding tert-OH is 1. The first-order valence-electron chi connectivity index (χ1n) is 13.5. The SMILES string of the molecule is CC1CC(C(C)(O)C2(O)CCC3(O)C4CC(O)C5(O)CC=CC(=O)C5(C)C4CCC32C)OC(=O)C1C. The normalized spacial score (nSPS) is 56.3. The summed E-state index contributed by atoms with van der Waals surface area (Å²) in [5.74, 6) is -1.96. The molecule has 36 heavy (non-hydrogen) atoms. The maximum Gasteiger partial charge on any atom is 0.309 e. The number of carbonyl (C=O) groups is 2. The van der Waals surface area contributed by atoms with Gasteiger partial charge in [-0.25, -0.2) is 0 Å². The molecule has 4 aliphatic carbocycles. The molecule has 0 amide bonds. The molecule has 12 atom stereocenters. The summed E-state index contributed by atoms with van der Waals surface area (Å²) in [6.45, 7) is 8.70. The Balaban J connectivity index is 1.54. The number of ether oxygens (including phenoxy) is 1. The second-order valence-electron chi connectivity index (χ2n) is 13.3. The van der Waals surface area contributed by atoms with Gasteiger partial charge in [-0.15, -0.1) is 0 Å². The molecule has 202 valence electrons. The number of allylic oxidation sites excluding steroid dienone is 1. The molecule has 0 spiro atoms. The average molecular weight is 507 g/mol. The van der Waals surface area contributed by atoms with Gasteiger partial charge in [-0.05, 0) is 82.6 Å². The molecule has 0 bridgehead atoms. The van der Waals surface area contributed by atoms with Gasteiger partial charge in [0, 0.05) is 5.41 Å². The monoisotopic (exact) mass is 506 g/mol. The van der Waals surface area contributed by atoms with Crippen molar-refractivity contribution in [1.82, 2.24) is 0 Å². The van der Waals surface area contributed by atoms with Gasteiger partial charge in [0.1, 0.15) is 22.9 Å². The summed E-state index contributed by atoms with van der Waals surface area (Å²) in [6.07, 6.45) is 2.56. The third kappa shape index (κ3) is 2.78. The minimum absolute atomic E-state index is 0.0355. The van der Waals surface area contributed by atoms with Gasteiger partial charge in [-0.2, -0.15) is 0 Å². The molecule has 0 radical (unpaired) electrons. The van der Waals surface area contributed by atoms with E-state index >= 15 is 0 Å². The van der Waals surface area contributed by atoms with Crippen LogP contribution in [0.15, 0.2) is 12.2 Å². The zero-order chi connectivity index (χ0) is 26.7. The van der Waals surface area contributed by atoms with E-state index in [1.54, 1.807) is 26.8 Å². The number of cyclic esters (lactones) is 1. The number of hydrogen-bond donors (Lipinski definition) is 5. The van der Waals surface area contributed by atoms with Gasteiger partial charge in [0.05, 0.1) is 23.0 Å². The van der Waals surface area contributed by atoms with Gasteiger partial charge in [0.25, 0.3) is 0 Å². The van der Waals surface area contributed by atoms with Crippen molar-refractivity contribution in [3.8, 4) is 0 Å². The zero-order valence-electron chi connectivity index (χ0n) is 22.0. The molecule has 4 fully saturated rings. The van der Waals surface area contributed by atoms with Gasteiger partial charge in [0.2, 0.25) is 0 Å². The first kappa shape index (κ1) is 26.3. The summed E-state index contributed by atoms with van der Waals surface area (Å²) in [7, 11) is 0. The Kier molecular flexibility index (Phi) is 5.57. The van der Waals surface area contributed by atoms with Crippen molar-refractivity contribution < 1.29 is 39.9 Å². The minimum atomic E-state index is -1.83. The molecule has 0 aromatic carbocycles. The van der Waals surface area contributed by atoms with Gasteiger partial charge in [-0.1, -0.05) is 26.8 Å². The summed E-state index contributed by atoms with van der Waals surface area (Å²) in [5, 5.41) is 59.3. The van der Waals surface area contributed by atoms with Gasteiger partial charge in [0.15, 0.2) is 5.78 Å². The molecule has 12 unspecified atom stereocenters. The molecule has 8 heteroatoms. The van der Waals surface area contributed by atoms with E-state index in [0.29, 0.717) is 19.3 Å². The fraction of sp³-hybridized carbons (Fsp3) is 0.857. The van der Waals surface area contributed by atoms with Crippen LogP contribution in [0.5, 0.6) is 0 Å². The lowest BCUT2D eigenvalue weighted by Crippen LogP contribution is -2.75. The lowest BCUT2D eigenvalue weighted by atomic mass is 9.41. The van der Waals surface area contributed by atoms with Gasteiger partial charge >= 0.3 is 5.97 Å². The number of aliphatic hydroxyl groups is 5. The molecule has 5 aliphatic rings. The zero-order valence-corrected chi connectivity index (χ0v) is 22.0. The molecule has 5 N–H and O–H groups in total. The molecule has 1 aliphatic heterocycles. The number of carbonyl (C=O) groups excluding carboxylic acids is 2. The predicted octanol–water partition coefficient (Wildman–Crippen LogP) is 1.64. The summed E-state index contributed by atoms with van der Waals surface area (Å²) in [6, 6.07) is 0. The Morgan fingerprint density at radius 2 is 1.67 bits per heavy atom. The maximum absolute atomic E-state index is 13.2. The highest BCUT2D eigenvalue weighted by molar-refractivity contribution is 5.97. The van der Waals surface area contributed by atoms with E-state index in [-0.39, 0.29) is 43.3 Å². The Bertz CT molecular complexity index is 1010. The van der Waals surface area contributed by atoms with Crippen molar-refractivity contribution in [2.45, 2.75) is 114 Å². The van der Waals surface area contributed by atoms with Crippen LogP contribution in [0, 0.1) is 34.5 Å². The number of ketones is 1. The Labute approximate surface area is 212 Å². The number of hydrogen-bond acceptors (Lipinski definition) is 8. The highest BCUT2D eigenvalue weighted by atomic mass is 16.6. The van der Waals surface area contributed by atoms with Crippen LogP contribution in [0.1, 0.15) is 79.6 Å². The van der Waals surface area contributed by atoms with E-state index in [2.05, 4.69) is 0 Å². The maximum atomic E-state index is 13.2. The van der Waals surface area contributed by atoms with E-state index in [4.69, 9.17) is 4.74 Å². The average Bonchev–Trinajstić information content (AvgIpc) is 3.03. The van der Waals surface area contributed by atoms with Crippen LogP contribution < -0.4 is 0 Å². The quantitative estimate of drug-likeness (QED) is 0.356. The second kappa shape index (κ2) is 7.63. The van der Waals surface area contributed by atoms with Crippen LogP contribution in [0.2, 0.25) is 0 Å². The standard InChI is InChI=1S/C28H42O8/c1-15-13-21(36-22(31)16(15)2)25(5,32)28(35)12-11-26(33)18-14-20(30)27(34)9-6-7-19(29)24(27,4)17(18)8-10-23(26,28)3/h6-7,15-18,20-21,30,32-35H,8-14H2,1-5H3. The minimum Gasteiger partial charge on any atom is -0.459 e. The summed E-state index contributed by atoms with van der Waals surface area (Å²) in [5.41, 5.74) is -9.19. The van der Waals surface area contributed by atoms with Crippen LogP contribution in [-0.4, -0.2) is 71.9 Å². The van der Waals surface area contributed by atoms with E-state index in [0.717, 1.165) is 0 Å². The fourth-order valence-electron chi connectivity index (χ4n) is 9.19. The van der Waals surface area contributed by atoms with Crippen molar-refractivity contribution in [3.63, 3.8) is 0 Å². The highest BCUT2D eigenvalue weighted by Gasteiger charge is 2.79. The van der Waals surface area contributed by atoms with Crippen LogP contribution >= 0.6 is 0 Å². The first-order valence-corrected chi connectivity index (χ1v) is 13.5. The molecule has 1 heterocycles. The Morgan fingerprint density at radius 1 is 1.00 bits per heavy atom. The van der Waals surface area contributed by atoms with Gasteiger partial charge < -0.3 is 30.3 Å².